The van der Waals surface area contributed by atoms with Gasteiger partial charge < -0.3 is 23.8 Å². The number of ether oxygens (including phenoxy) is 4. The van der Waals surface area contributed by atoms with Crippen LogP contribution in [0.25, 0.3) is 32.9 Å². The van der Waals surface area contributed by atoms with E-state index in [-0.39, 0.29) is 41.7 Å². The van der Waals surface area contributed by atoms with Crippen LogP contribution in [0.5, 0.6) is 11.6 Å². The minimum Gasteiger partial charge on any atom is -0.476 e. The molecule has 4 aliphatic heterocycles. The summed E-state index contributed by atoms with van der Waals surface area (Å²) < 4.78 is 40.5. The molecular weight excluding hydrogens is 673 g/mol. The van der Waals surface area contributed by atoms with Crippen molar-refractivity contribution in [2.24, 2.45) is 0 Å². The molecule has 2 aromatic carbocycles. The molecule has 2 bridgehead atoms. The molecular formula is C39H45ClFN5O5. The number of aromatic nitrogens is 2. The van der Waals surface area contributed by atoms with E-state index in [1.54, 1.807) is 25.4 Å². The van der Waals surface area contributed by atoms with Gasteiger partial charge in [0, 0.05) is 53.8 Å². The van der Waals surface area contributed by atoms with E-state index in [0.29, 0.717) is 52.7 Å². The Labute approximate surface area is 302 Å². The average Bonchev–Trinajstić information content (AvgIpc) is 3.76. The highest BCUT2D eigenvalue weighted by Crippen LogP contribution is 2.43. The first-order chi connectivity index (χ1) is 24.5. The number of hydrogen-bond donors (Lipinski definition) is 0. The van der Waals surface area contributed by atoms with Crippen molar-refractivity contribution in [2.45, 2.75) is 82.5 Å². The summed E-state index contributed by atoms with van der Waals surface area (Å²) in [4.78, 5) is 29.5. The van der Waals surface area contributed by atoms with E-state index in [2.05, 4.69) is 9.80 Å². The first kappa shape index (κ1) is 34.2. The lowest BCUT2D eigenvalue weighted by Gasteiger charge is -2.42. The Balaban J connectivity index is 1.22. The van der Waals surface area contributed by atoms with Crippen LogP contribution in [0.3, 0.4) is 0 Å². The largest absolute Gasteiger partial charge is 0.476 e. The minimum absolute atomic E-state index is 0.00476. The summed E-state index contributed by atoms with van der Waals surface area (Å²) >= 11 is 6.74. The maximum atomic E-state index is 17.2. The number of rotatable bonds is 8. The maximum Gasteiger partial charge on any atom is 0.410 e. The molecule has 0 spiro atoms. The molecule has 4 aromatic rings. The van der Waals surface area contributed by atoms with Crippen molar-refractivity contribution in [2.75, 3.05) is 51.6 Å². The fourth-order valence-corrected chi connectivity index (χ4v) is 9.05. The van der Waals surface area contributed by atoms with Gasteiger partial charge in [-0.15, -0.1) is 0 Å². The molecule has 4 aliphatic rings. The Hall–Kier alpha value is -3.93. The monoisotopic (exact) mass is 717 g/mol. The molecule has 8 rings (SSSR count). The third-order valence-corrected chi connectivity index (χ3v) is 11.3. The van der Waals surface area contributed by atoms with Crippen LogP contribution in [0.4, 0.5) is 14.9 Å². The number of amides is 1. The van der Waals surface area contributed by atoms with Gasteiger partial charge in [-0.25, -0.2) is 14.2 Å². The van der Waals surface area contributed by atoms with Crippen LogP contribution in [0, 0.1) is 5.82 Å². The number of halogens is 2. The van der Waals surface area contributed by atoms with Gasteiger partial charge >= 0.3 is 6.09 Å². The van der Waals surface area contributed by atoms with Crippen molar-refractivity contribution in [3.05, 3.63) is 53.4 Å². The van der Waals surface area contributed by atoms with E-state index in [4.69, 9.17) is 40.5 Å². The van der Waals surface area contributed by atoms with Gasteiger partial charge in [-0.2, -0.15) is 0 Å². The van der Waals surface area contributed by atoms with Gasteiger partial charge in [0.05, 0.1) is 23.3 Å². The van der Waals surface area contributed by atoms with Gasteiger partial charge in [-0.1, -0.05) is 23.7 Å². The topological polar surface area (TPSA) is 89.5 Å². The first-order valence-electron chi connectivity index (χ1n) is 18.0. The van der Waals surface area contributed by atoms with E-state index in [1.807, 2.05) is 49.9 Å². The zero-order valence-electron chi connectivity index (χ0n) is 29.7. The molecule has 0 saturated carbocycles. The summed E-state index contributed by atoms with van der Waals surface area (Å²) in [7, 11) is 1.55. The predicted octanol–water partition coefficient (Wildman–Crippen LogP) is 7.82. The molecule has 0 radical (unpaired) electrons. The Morgan fingerprint density at radius 3 is 2.51 bits per heavy atom. The van der Waals surface area contributed by atoms with Crippen molar-refractivity contribution < 1.29 is 28.1 Å². The van der Waals surface area contributed by atoms with Crippen LogP contribution in [0.1, 0.15) is 59.3 Å². The lowest BCUT2D eigenvalue weighted by molar-refractivity contribution is 0.0123. The van der Waals surface area contributed by atoms with Crippen LogP contribution in [-0.2, 0) is 9.47 Å². The number of pyridine rings is 2. The van der Waals surface area contributed by atoms with E-state index >= 15 is 4.39 Å². The van der Waals surface area contributed by atoms with Gasteiger partial charge in [-0.3, -0.25) is 14.8 Å². The zero-order valence-corrected chi connectivity index (χ0v) is 30.5. The Morgan fingerprint density at radius 1 is 1.06 bits per heavy atom. The highest BCUT2D eigenvalue weighted by Gasteiger charge is 2.46. The molecule has 12 heteroatoms. The summed E-state index contributed by atoms with van der Waals surface area (Å²) in [5.41, 5.74) is 0.987. The summed E-state index contributed by atoms with van der Waals surface area (Å²) in [5, 5.41) is 2.51. The third-order valence-electron chi connectivity index (χ3n) is 11.0. The van der Waals surface area contributed by atoms with Crippen molar-refractivity contribution in [3.63, 3.8) is 0 Å². The fraction of sp³-hybridized carbons (Fsp3) is 0.513. The van der Waals surface area contributed by atoms with E-state index in [0.717, 1.165) is 62.7 Å². The predicted molar refractivity (Wildman–Crippen MR) is 195 cm³/mol. The fourth-order valence-electron chi connectivity index (χ4n) is 8.77. The molecule has 0 aliphatic carbocycles. The molecule has 2 aromatic heterocycles. The smallest absolute Gasteiger partial charge is 0.410 e. The number of hydrogen-bond acceptors (Lipinski definition) is 9. The molecule has 2 unspecified atom stereocenters. The third kappa shape index (κ3) is 6.31. The molecule has 270 valence electrons. The van der Waals surface area contributed by atoms with Gasteiger partial charge in [0.25, 0.3) is 0 Å². The first-order valence-corrected chi connectivity index (χ1v) is 18.4. The lowest BCUT2D eigenvalue weighted by atomic mass is 9.95. The van der Waals surface area contributed by atoms with Crippen LogP contribution >= 0.6 is 11.6 Å². The van der Waals surface area contributed by atoms with E-state index in [9.17, 15) is 4.79 Å². The zero-order chi connectivity index (χ0) is 35.5. The highest BCUT2D eigenvalue weighted by atomic mass is 35.5. The SMILES string of the molecule is COCOc1cc(-c2ncc3c(N4CC5CCC(C4)N5C(=O)OC(C)(C)C)cc(OCC45CCCN4CCC5)nc3c2F)c2c(Cl)cccc2c1. The molecule has 0 N–H and O–H groups in total. The molecule has 6 heterocycles. The number of piperazine rings is 1. The molecule has 1 amide bonds. The second-order valence-electron chi connectivity index (χ2n) is 15.4. The van der Waals surface area contributed by atoms with Crippen LogP contribution in [0.15, 0.2) is 42.6 Å². The Kier molecular flexibility index (Phi) is 8.87. The van der Waals surface area contributed by atoms with Crippen molar-refractivity contribution >= 4 is 45.1 Å². The molecule has 10 nitrogen and oxygen atoms in total. The van der Waals surface area contributed by atoms with E-state index < -0.39 is 11.4 Å². The van der Waals surface area contributed by atoms with Gasteiger partial charge in [-0.05, 0) is 96.0 Å². The van der Waals surface area contributed by atoms with Crippen molar-refractivity contribution in [1.82, 2.24) is 19.8 Å². The second kappa shape index (κ2) is 13.2. The van der Waals surface area contributed by atoms with Crippen molar-refractivity contribution in [1.29, 1.82) is 0 Å². The summed E-state index contributed by atoms with van der Waals surface area (Å²) in [5.74, 6) is 0.314. The van der Waals surface area contributed by atoms with E-state index in [1.165, 1.54) is 0 Å². The normalized spacial score (nSPS) is 21.5. The van der Waals surface area contributed by atoms with Crippen molar-refractivity contribution in [3.8, 4) is 22.9 Å². The lowest BCUT2D eigenvalue weighted by Crippen LogP contribution is -2.56. The number of fused-ring (bicyclic) bond motifs is 5. The number of carbonyl (C=O) groups excluding carboxylic acids is 1. The number of nitrogens with zero attached hydrogens (tertiary/aromatic N) is 5. The number of carbonyl (C=O) groups is 1. The summed E-state index contributed by atoms with van der Waals surface area (Å²) in [6, 6.07) is 11.0. The van der Waals surface area contributed by atoms with Crippen LogP contribution in [-0.4, -0.2) is 95.8 Å². The number of anilines is 1. The second-order valence-corrected chi connectivity index (χ2v) is 15.8. The molecule has 4 saturated heterocycles. The number of benzene rings is 2. The Morgan fingerprint density at radius 2 is 1.80 bits per heavy atom. The maximum absolute atomic E-state index is 17.2. The van der Waals surface area contributed by atoms with Crippen LogP contribution in [0.2, 0.25) is 5.02 Å². The average molecular weight is 718 g/mol. The highest BCUT2D eigenvalue weighted by molar-refractivity contribution is 6.36. The quantitative estimate of drug-likeness (QED) is 0.169. The van der Waals surface area contributed by atoms with Gasteiger partial charge in [0.15, 0.2) is 12.6 Å². The van der Waals surface area contributed by atoms with Gasteiger partial charge in [0.2, 0.25) is 5.88 Å². The Bertz CT molecular complexity index is 1960. The summed E-state index contributed by atoms with van der Waals surface area (Å²) in [6.07, 6.45) is 7.63. The molecule has 4 fully saturated rings. The van der Waals surface area contributed by atoms with Crippen LogP contribution < -0.4 is 14.4 Å². The summed E-state index contributed by atoms with van der Waals surface area (Å²) in [6.45, 7) is 9.52. The van der Waals surface area contributed by atoms with Gasteiger partial charge in [0.1, 0.15) is 29.2 Å². The molecule has 2 atom stereocenters. The standard InChI is InChI=1S/C39H45ClFN5O5/c1-38(2,3)51-37(47)46-25-10-11-26(46)21-44(20-25)31-18-32(49-22-39-12-6-14-45(39)15-7-13-39)43-36-29(31)19-42-35(34(36)41)28-17-27(50-23-48-4)16-24-8-5-9-30(40)33(24)28/h5,8-9,16-19,25-26H,6-7,10-15,20-23H2,1-4H3. The minimum atomic E-state index is -0.583. The number of methoxy groups -OCH3 is 1. The molecule has 51 heavy (non-hydrogen) atoms.